The van der Waals surface area contributed by atoms with Crippen molar-refractivity contribution in [3.05, 3.63) is 59.1 Å². The van der Waals surface area contributed by atoms with E-state index in [-0.39, 0.29) is 0 Å². The Morgan fingerprint density at radius 3 is 2.42 bits per heavy atom. The molecule has 3 nitrogen and oxygen atoms in total. The average Bonchev–Trinajstić information content (AvgIpc) is 2.46. The first-order valence-corrected chi connectivity index (χ1v) is 6.65. The largest absolute Gasteiger partial charge is 0.328 e. The molecule has 0 radical (unpaired) electrons. The van der Waals surface area contributed by atoms with Crippen LogP contribution in [0.15, 0.2) is 48.5 Å². The molecule has 5 heteroatoms. The van der Waals surface area contributed by atoms with E-state index in [0.29, 0.717) is 16.9 Å². The minimum absolute atomic E-state index is 0.523. The zero-order chi connectivity index (χ0) is 13.7. The van der Waals surface area contributed by atoms with Crippen LogP contribution in [-0.2, 0) is 13.9 Å². The molecule has 0 aromatic heterocycles. The number of halogens is 1. The molecule has 0 saturated carbocycles. The van der Waals surface area contributed by atoms with Gasteiger partial charge in [0.2, 0.25) is 0 Å². The summed E-state index contributed by atoms with van der Waals surface area (Å²) in [6.45, 7) is 0. The molecule has 0 aliphatic carbocycles. The van der Waals surface area contributed by atoms with E-state index in [9.17, 15) is 9.36 Å². The fourth-order valence-corrected chi connectivity index (χ4v) is 2.22. The number of rotatable bonds is 5. The SMILES string of the molecule is O=CC(OP=O)c1ccccc1-c1ccc(Cl)cc1. The van der Waals surface area contributed by atoms with Crippen molar-refractivity contribution in [3.63, 3.8) is 0 Å². The van der Waals surface area contributed by atoms with Gasteiger partial charge in [-0.3, -0.25) is 4.52 Å². The minimum Gasteiger partial charge on any atom is -0.300 e. The molecule has 2 aromatic rings. The maximum Gasteiger partial charge on any atom is 0.328 e. The number of carbonyl (C=O) groups is 1. The zero-order valence-electron chi connectivity index (χ0n) is 9.82. The summed E-state index contributed by atoms with van der Waals surface area (Å²) in [6, 6.07) is 14.6. The lowest BCUT2D eigenvalue weighted by Crippen LogP contribution is -2.02. The second-order valence-corrected chi connectivity index (χ2v) is 4.63. The van der Waals surface area contributed by atoms with Crippen LogP contribution >= 0.6 is 20.3 Å². The van der Waals surface area contributed by atoms with Crippen molar-refractivity contribution in [2.24, 2.45) is 0 Å². The highest BCUT2D eigenvalue weighted by molar-refractivity contribution is 7.17. The molecule has 0 amide bonds. The number of hydrogen-bond donors (Lipinski definition) is 0. The Morgan fingerprint density at radius 2 is 1.79 bits per heavy atom. The van der Waals surface area contributed by atoms with Gasteiger partial charge in [-0.25, -0.2) is 4.57 Å². The number of hydrogen-bond acceptors (Lipinski definition) is 3. The topological polar surface area (TPSA) is 43.4 Å². The van der Waals surface area contributed by atoms with E-state index in [1.807, 2.05) is 24.3 Å². The van der Waals surface area contributed by atoms with Gasteiger partial charge in [0.05, 0.1) is 0 Å². The van der Waals surface area contributed by atoms with Crippen LogP contribution < -0.4 is 0 Å². The van der Waals surface area contributed by atoms with Crippen molar-refractivity contribution in [1.29, 1.82) is 0 Å². The molecule has 0 saturated heterocycles. The monoisotopic (exact) mass is 292 g/mol. The fraction of sp³-hybridized carbons (Fsp3) is 0.0714. The molecule has 0 aliphatic heterocycles. The third-order valence-corrected chi connectivity index (χ3v) is 3.27. The summed E-state index contributed by atoms with van der Waals surface area (Å²) in [4.78, 5) is 11.0. The van der Waals surface area contributed by atoms with Crippen LogP contribution in [0.2, 0.25) is 5.02 Å². The van der Waals surface area contributed by atoms with Gasteiger partial charge in [0.25, 0.3) is 0 Å². The van der Waals surface area contributed by atoms with E-state index in [2.05, 4.69) is 0 Å². The van der Waals surface area contributed by atoms with Crippen LogP contribution in [-0.4, -0.2) is 6.29 Å². The molecule has 2 rings (SSSR count). The highest BCUT2D eigenvalue weighted by Gasteiger charge is 2.16. The smallest absolute Gasteiger partial charge is 0.300 e. The van der Waals surface area contributed by atoms with Gasteiger partial charge in [-0.05, 0) is 28.8 Å². The second kappa shape index (κ2) is 6.58. The maximum atomic E-state index is 11.0. The van der Waals surface area contributed by atoms with Gasteiger partial charge >= 0.3 is 8.69 Å². The van der Waals surface area contributed by atoms with Crippen LogP contribution in [0.25, 0.3) is 11.1 Å². The van der Waals surface area contributed by atoms with E-state index in [1.165, 1.54) is 0 Å². The molecule has 19 heavy (non-hydrogen) atoms. The first kappa shape index (κ1) is 13.9. The summed E-state index contributed by atoms with van der Waals surface area (Å²) in [5.74, 6) is 0. The molecule has 0 bridgehead atoms. The van der Waals surface area contributed by atoms with E-state index in [0.717, 1.165) is 11.1 Å². The van der Waals surface area contributed by atoms with Gasteiger partial charge in [0, 0.05) is 5.02 Å². The van der Waals surface area contributed by atoms with E-state index in [1.54, 1.807) is 24.3 Å². The lowest BCUT2D eigenvalue weighted by Gasteiger charge is -2.13. The van der Waals surface area contributed by atoms with Crippen molar-refractivity contribution in [2.45, 2.75) is 6.10 Å². The third kappa shape index (κ3) is 3.27. The van der Waals surface area contributed by atoms with Crippen molar-refractivity contribution in [3.8, 4) is 11.1 Å². The summed E-state index contributed by atoms with van der Waals surface area (Å²) >= 11 is 5.86. The molecule has 0 heterocycles. The van der Waals surface area contributed by atoms with Gasteiger partial charge in [0.1, 0.15) is 0 Å². The molecule has 0 aliphatic rings. The van der Waals surface area contributed by atoms with Crippen LogP contribution in [0.1, 0.15) is 11.7 Å². The molecular formula is C14H10ClO3P. The second-order valence-electron chi connectivity index (χ2n) is 3.83. The van der Waals surface area contributed by atoms with Gasteiger partial charge in [-0.1, -0.05) is 48.0 Å². The molecular weight excluding hydrogens is 283 g/mol. The van der Waals surface area contributed by atoms with E-state index in [4.69, 9.17) is 16.1 Å². The van der Waals surface area contributed by atoms with Crippen molar-refractivity contribution in [2.75, 3.05) is 0 Å². The Balaban J connectivity index is 2.48. The fourth-order valence-electron chi connectivity index (χ4n) is 1.84. The van der Waals surface area contributed by atoms with Crippen molar-refractivity contribution >= 4 is 26.6 Å². The quantitative estimate of drug-likeness (QED) is 0.603. The predicted octanol–water partition coefficient (Wildman–Crippen LogP) is 4.47. The van der Waals surface area contributed by atoms with E-state index >= 15 is 0 Å². The van der Waals surface area contributed by atoms with Crippen molar-refractivity contribution in [1.82, 2.24) is 0 Å². The molecule has 1 unspecified atom stereocenters. The van der Waals surface area contributed by atoms with Crippen LogP contribution in [0, 0.1) is 0 Å². The van der Waals surface area contributed by atoms with Crippen LogP contribution in [0.5, 0.6) is 0 Å². The standard InChI is InChI=1S/C14H10ClO3P/c15-11-7-5-10(6-8-11)12-3-1-2-4-13(12)14(9-16)18-19-17/h1-9,14H. The summed E-state index contributed by atoms with van der Waals surface area (Å²) in [5, 5.41) is 0.641. The molecule has 1 atom stereocenters. The number of aldehydes is 1. The lowest BCUT2D eigenvalue weighted by atomic mass is 9.97. The van der Waals surface area contributed by atoms with Gasteiger partial charge < -0.3 is 4.79 Å². The number of benzene rings is 2. The molecule has 96 valence electrons. The Hall–Kier alpha value is -1.54. The normalized spacial score (nSPS) is 12.3. The molecule has 0 fully saturated rings. The molecule has 0 spiro atoms. The summed E-state index contributed by atoms with van der Waals surface area (Å²) in [6.07, 6.45) is -0.231. The van der Waals surface area contributed by atoms with E-state index < -0.39 is 14.8 Å². The average molecular weight is 293 g/mol. The summed E-state index contributed by atoms with van der Waals surface area (Å²) in [7, 11) is -0.523. The summed E-state index contributed by atoms with van der Waals surface area (Å²) < 4.78 is 15.4. The van der Waals surface area contributed by atoms with Gasteiger partial charge in [0.15, 0.2) is 12.4 Å². The third-order valence-electron chi connectivity index (χ3n) is 2.70. The molecule has 2 aromatic carbocycles. The predicted molar refractivity (Wildman–Crippen MR) is 74.4 cm³/mol. The molecule has 0 N–H and O–H groups in total. The van der Waals surface area contributed by atoms with Gasteiger partial charge in [-0.2, -0.15) is 0 Å². The highest BCUT2D eigenvalue weighted by Crippen LogP contribution is 2.31. The first-order chi connectivity index (χ1) is 9.26. The summed E-state index contributed by atoms with van der Waals surface area (Å²) in [5.41, 5.74) is 2.43. The van der Waals surface area contributed by atoms with Crippen LogP contribution in [0.3, 0.4) is 0 Å². The Labute approximate surface area is 117 Å². The maximum absolute atomic E-state index is 11.0. The Bertz CT molecular complexity index is 583. The Morgan fingerprint density at radius 1 is 1.11 bits per heavy atom. The van der Waals surface area contributed by atoms with Crippen molar-refractivity contribution < 1.29 is 13.9 Å². The lowest BCUT2D eigenvalue weighted by molar-refractivity contribution is -0.113. The number of carbonyl (C=O) groups excluding carboxylic acids is 1. The zero-order valence-corrected chi connectivity index (χ0v) is 11.5. The van der Waals surface area contributed by atoms with Crippen LogP contribution in [0.4, 0.5) is 0 Å². The Kier molecular flexibility index (Phi) is 4.80. The first-order valence-electron chi connectivity index (χ1n) is 5.55. The highest BCUT2D eigenvalue weighted by atomic mass is 35.5. The van der Waals surface area contributed by atoms with Gasteiger partial charge in [-0.15, -0.1) is 0 Å². The minimum atomic E-state index is -0.856.